The number of ether oxygens (including phenoxy) is 1. The molecule has 0 spiro atoms. The minimum atomic E-state index is -4.88. The summed E-state index contributed by atoms with van der Waals surface area (Å²) in [5.41, 5.74) is 0.348. The third kappa shape index (κ3) is 3.32. The fraction of sp³-hybridized carbons (Fsp3) is 0.429. The Labute approximate surface area is 125 Å². The van der Waals surface area contributed by atoms with E-state index in [2.05, 4.69) is 0 Å². The SMILES string of the molecule is COc1ccccc1C(=O)N1CCN(C(=O)C(F)(F)F)CC1. The van der Waals surface area contributed by atoms with Crippen LogP contribution in [-0.2, 0) is 4.79 Å². The van der Waals surface area contributed by atoms with E-state index in [-0.39, 0.29) is 32.1 Å². The number of para-hydroxylation sites is 1. The van der Waals surface area contributed by atoms with Gasteiger partial charge in [0.2, 0.25) is 0 Å². The second-order valence-corrected chi connectivity index (χ2v) is 4.78. The molecule has 0 unspecified atom stereocenters. The molecule has 0 atom stereocenters. The van der Waals surface area contributed by atoms with Crippen LogP contribution in [0.15, 0.2) is 24.3 Å². The summed E-state index contributed by atoms with van der Waals surface area (Å²) in [5, 5.41) is 0. The summed E-state index contributed by atoms with van der Waals surface area (Å²) in [4.78, 5) is 25.6. The van der Waals surface area contributed by atoms with Gasteiger partial charge in [-0.05, 0) is 12.1 Å². The maximum absolute atomic E-state index is 12.4. The lowest BCUT2D eigenvalue weighted by molar-refractivity contribution is -0.186. The number of rotatable bonds is 2. The van der Waals surface area contributed by atoms with Crippen LogP contribution in [0.3, 0.4) is 0 Å². The van der Waals surface area contributed by atoms with Gasteiger partial charge in [-0.2, -0.15) is 13.2 Å². The minimum Gasteiger partial charge on any atom is -0.496 e. The van der Waals surface area contributed by atoms with Crippen LogP contribution in [0.1, 0.15) is 10.4 Å². The number of hydrogen-bond acceptors (Lipinski definition) is 3. The molecule has 8 heteroatoms. The van der Waals surface area contributed by atoms with Gasteiger partial charge in [-0.3, -0.25) is 9.59 Å². The Balaban J connectivity index is 2.03. The highest BCUT2D eigenvalue weighted by Crippen LogP contribution is 2.22. The monoisotopic (exact) mass is 316 g/mol. The maximum Gasteiger partial charge on any atom is 0.471 e. The van der Waals surface area contributed by atoms with Gasteiger partial charge in [-0.15, -0.1) is 0 Å². The largest absolute Gasteiger partial charge is 0.496 e. The second kappa shape index (κ2) is 6.25. The zero-order valence-corrected chi connectivity index (χ0v) is 11.9. The van der Waals surface area contributed by atoms with Gasteiger partial charge in [-0.1, -0.05) is 12.1 Å². The summed E-state index contributed by atoms with van der Waals surface area (Å²) in [6.45, 7) is -0.171. The molecule has 1 aromatic rings. The van der Waals surface area contributed by atoms with Crippen molar-refractivity contribution < 1.29 is 27.5 Å². The number of piperazine rings is 1. The molecule has 1 heterocycles. The molecule has 1 fully saturated rings. The van der Waals surface area contributed by atoms with E-state index in [0.717, 1.165) is 0 Å². The molecule has 5 nitrogen and oxygen atoms in total. The van der Waals surface area contributed by atoms with Gasteiger partial charge in [0.25, 0.3) is 5.91 Å². The number of methoxy groups -OCH3 is 1. The lowest BCUT2D eigenvalue weighted by Gasteiger charge is -2.35. The number of carbonyl (C=O) groups is 2. The summed E-state index contributed by atoms with van der Waals surface area (Å²) >= 11 is 0. The van der Waals surface area contributed by atoms with E-state index >= 15 is 0 Å². The quantitative estimate of drug-likeness (QED) is 0.832. The van der Waals surface area contributed by atoms with Crippen molar-refractivity contribution in [1.29, 1.82) is 0 Å². The molecule has 1 aliphatic rings. The van der Waals surface area contributed by atoms with E-state index < -0.39 is 12.1 Å². The summed E-state index contributed by atoms with van der Waals surface area (Å²) in [5.74, 6) is -1.78. The predicted molar refractivity (Wildman–Crippen MR) is 71.5 cm³/mol. The molecule has 0 bridgehead atoms. The zero-order chi connectivity index (χ0) is 16.3. The van der Waals surface area contributed by atoms with Gasteiger partial charge >= 0.3 is 12.1 Å². The molecule has 0 aliphatic carbocycles. The van der Waals surface area contributed by atoms with E-state index in [1.165, 1.54) is 12.0 Å². The van der Waals surface area contributed by atoms with Crippen molar-refractivity contribution in [3.63, 3.8) is 0 Å². The summed E-state index contributed by atoms with van der Waals surface area (Å²) in [6, 6.07) is 6.62. The number of hydrogen-bond donors (Lipinski definition) is 0. The van der Waals surface area contributed by atoms with E-state index in [4.69, 9.17) is 4.74 Å². The van der Waals surface area contributed by atoms with Crippen LogP contribution < -0.4 is 4.74 Å². The van der Waals surface area contributed by atoms with Crippen LogP contribution in [-0.4, -0.2) is 61.1 Å². The van der Waals surface area contributed by atoms with Crippen molar-refractivity contribution in [1.82, 2.24) is 9.80 Å². The van der Waals surface area contributed by atoms with E-state index in [1.54, 1.807) is 24.3 Å². The normalized spacial score (nSPS) is 15.6. The third-order valence-electron chi connectivity index (χ3n) is 3.43. The molecule has 1 saturated heterocycles. The first kappa shape index (κ1) is 16.1. The Kier molecular flexibility index (Phi) is 4.58. The molecule has 1 aliphatic heterocycles. The van der Waals surface area contributed by atoms with Crippen LogP contribution in [0.2, 0.25) is 0 Å². The smallest absolute Gasteiger partial charge is 0.471 e. The third-order valence-corrected chi connectivity index (χ3v) is 3.43. The molecule has 1 aromatic carbocycles. The van der Waals surface area contributed by atoms with Gasteiger partial charge in [0.15, 0.2) is 0 Å². The number of amides is 2. The second-order valence-electron chi connectivity index (χ2n) is 4.78. The molecular weight excluding hydrogens is 301 g/mol. The molecule has 120 valence electrons. The Bertz CT molecular complexity index is 567. The van der Waals surface area contributed by atoms with Gasteiger partial charge < -0.3 is 14.5 Å². The molecule has 0 saturated carbocycles. The van der Waals surface area contributed by atoms with Gasteiger partial charge in [0, 0.05) is 26.2 Å². The lowest BCUT2D eigenvalue weighted by atomic mass is 10.1. The fourth-order valence-electron chi connectivity index (χ4n) is 2.28. The zero-order valence-electron chi connectivity index (χ0n) is 11.9. The molecule has 0 aromatic heterocycles. The number of halogens is 3. The highest BCUT2D eigenvalue weighted by atomic mass is 19.4. The average Bonchev–Trinajstić information content (AvgIpc) is 2.52. The molecule has 2 amide bonds. The number of alkyl halides is 3. The van der Waals surface area contributed by atoms with Crippen molar-refractivity contribution >= 4 is 11.8 Å². The van der Waals surface area contributed by atoms with Crippen LogP contribution in [0.4, 0.5) is 13.2 Å². The average molecular weight is 316 g/mol. The Morgan fingerprint density at radius 2 is 1.59 bits per heavy atom. The highest BCUT2D eigenvalue weighted by molar-refractivity contribution is 5.97. The van der Waals surface area contributed by atoms with Crippen molar-refractivity contribution in [2.75, 3.05) is 33.3 Å². The Morgan fingerprint density at radius 3 is 2.14 bits per heavy atom. The van der Waals surface area contributed by atoms with Gasteiger partial charge in [0.1, 0.15) is 5.75 Å². The van der Waals surface area contributed by atoms with E-state index in [9.17, 15) is 22.8 Å². The Hall–Kier alpha value is -2.25. The molecule has 22 heavy (non-hydrogen) atoms. The first-order chi connectivity index (χ1) is 10.3. The van der Waals surface area contributed by atoms with E-state index in [0.29, 0.717) is 16.2 Å². The summed E-state index contributed by atoms with van der Waals surface area (Å²) < 4.78 is 42.2. The van der Waals surface area contributed by atoms with Gasteiger partial charge in [-0.25, -0.2) is 0 Å². The van der Waals surface area contributed by atoms with E-state index in [1.807, 2.05) is 0 Å². The van der Waals surface area contributed by atoms with Crippen molar-refractivity contribution in [2.45, 2.75) is 6.18 Å². The molecule has 0 N–H and O–H groups in total. The maximum atomic E-state index is 12.4. The molecular formula is C14H15F3N2O3. The lowest BCUT2D eigenvalue weighted by Crippen LogP contribution is -2.53. The number of benzene rings is 1. The van der Waals surface area contributed by atoms with Crippen LogP contribution in [0.5, 0.6) is 5.75 Å². The predicted octanol–water partition coefficient (Wildman–Crippen LogP) is 1.54. The summed E-state index contributed by atoms with van der Waals surface area (Å²) in [7, 11) is 1.44. The number of nitrogens with zero attached hydrogens (tertiary/aromatic N) is 2. The van der Waals surface area contributed by atoms with Crippen molar-refractivity contribution in [3.8, 4) is 5.75 Å². The number of carbonyl (C=O) groups excluding carboxylic acids is 2. The minimum absolute atomic E-state index is 0.0543. The fourth-order valence-corrected chi connectivity index (χ4v) is 2.28. The summed E-state index contributed by atoms with van der Waals surface area (Å²) in [6.07, 6.45) is -4.88. The van der Waals surface area contributed by atoms with Crippen molar-refractivity contribution in [2.24, 2.45) is 0 Å². The Morgan fingerprint density at radius 1 is 1.05 bits per heavy atom. The van der Waals surface area contributed by atoms with Crippen molar-refractivity contribution in [3.05, 3.63) is 29.8 Å². The van der Waals surface area contributed by atoms with Crippen LogP contribution in [0.25, 0.3) is 0 Å². The first-order valence-electron chi connectivity index (χ1n) is 6.63. The molecule has 0 radical (unpaired) electrons. The first-order valence-corrected chi connectivity index (χ1v) is 6.63. The van der Waals surface area contributed by atoms with Gasteiger partial charge in [0.05, 0.1) is 12.7 Å². The highest BCUT2D eigenvalue weighted by Gasteiger charge is 2.43. The topological polar surface area (TPSA) is 49.9 Å². The molecule has 2 rings (SSSR count). The van der Waals surface area contributed by atoms with Crippen LogP contribution >= 0.6 is 0 Å². The van der Waals surface area contributed by atoms with Crippen LogP contribution in [0, 0.1) is 0 Å². The standard InChI is InChI=1S/C14H15F3N2O3/c1-22-11-5-3-2-4-10(11)12(20)18-6-8-19(9-7-18)13(21)14(15,16)17/h2-5H,6-9H2,1H3.